The Morgan fingerprint density at radius 1 is 0.848 bits per heavy atom. The van der Waals surface area contributed by atoms with Crippen LogP contribution in [0.1, 0.15) is 35.4 Å². The molecule has 2 amide bonds. The van der Waals surface area contributed by atoms with Gasteiger partial charge in [-0.1, -0.05) is 30.3 Å². The van der Waals surface area contributed by atoms with Gasteiger partial charge in [-0.05, 0) is 55.6 Å². The van der Waals surface area contributed by atoms with Gasteiger partial charge in [0.1, 0.15) is 0 Å². The largest absolute Gasteiger partial charge is 0.416 e. The van der Waals surface area contributed by atoms with E-state index in [4.69, 9.17) is 0 Å². The van der Waals surface area contributed by atoms with Crippen molar-refractivity contribution in [1.82, 2.24) is 9.80 Å². The Labute approximate surface area is 187 Å². The number of carbonyl (C=O) groups excluding carboxylic acids is 1. The second-order valence-corrected chi connectivity index (χ2v) is 8.50. The molecule has 0 unspecified atom stereocenters. The number of hydrogen-bond donors (Lipinski definition) is 1. The molecule has 4 rings (SSSR count). The molecule has 2 heterocycles. The SMILES string of the molecule is O=C(Nc1cc(C(F)(F)F)cc(C(F)(F)F)c1)N1CC(N2CCC(c3ccccc3)CC2)C1. The van der Waals surface area contributed by atoms with E-state index in [1.54, 1.807) is 0 Å². The molecule has 178 valence electrons. The molecule has 0 atom stereocenters. The van der Waals surface area contributed by atoms with Crippen molar-refractivity contribution >= 4 is 11.7 Å². The highest BCUT2D eigenvalue weighted by Gasteiger charge is 2.39. The minimum Gasteiger partial charge on any atom is -0.321 e. The molecular formula is C23H23F6N3O. The van der Waals surface area contributed by atoms with Crippen molar-refractivity contribution in [3.05, 3.63) is 65.2 Å². The van der Waals surface area contributed by atoms with Crippen molar-refractivity contribution in [2.24, 2.45) is 0 Å². The van der Waals surface area contributed by atoms with E-state index in [1.807, 2.05) is 18.2 Å². The molecule has 0 aromatic heterocycles. The molecule has 0 spiro atoms. The molecule has 0 bridgehead atoms. The molecular weight excluding hydrogens is 448 g/mol. The number of amides is 2. The topological polar surface area (TPSA) is 35.6 Å². The lowest BCUT2D eigenvalue weighted by atomic mass is 9.88. The number of benzene rings is 2. The Kier molecular flexibility index (Phi) is 6.30. The van der Waals surface area contributed by atoms with Crippen LogP contribution in [0.15, 0.2) is 48.5 Å². The van der Waals surface area contributed by atoms with Crippen LogP contribution in [-0.4, -0.2) is 48.1 Å². The van der Waals surface area contributed by atoms with Gasteiger partial charge in [0.05, 0.1) is 11.1 Å². The average molecular weight is 471 g/mol. The van der Waals surface area contributed by atoms with E-state index >= 15 is 0 Å². The summed E-state index contributed by atoms with van der Waals surface area (Å²) in [5.74, 6) is 0.491. The first kappa shape index (κ1) is 23.4. The van der Waals surface area contributed by atoms with E-state index in [0.717, 1.165) is 25.9 Å². The standard InChI is InChI=1S/C23H23F6N3O/c24-22(25,26)17-10-18(23(27,28)29)12-19(11-17)30-21(33)32-13-20(14-32)31-8-6-16(7-9-31)15-4-2-1-3-5-15/h1-5,10-12,16,20H,6-9,13-14H2,(H,30,33). The predicted octanol–water partition coefficient (Wildman–Crippen LogP) is 5.82. The number of halogens is 6. The fourth-order valence-corrected chi connectivity index (χ4v) is 4.40. The lowest BCUT2D eigenvalue weighted by Crippen LogP contribution is -2.62. The number of nitrogens with one attached hydrogen (secondary N) is 1. The highest BCUT2D eigenvalue weighted by atomic mass is 19.4. The van der Waals surface area contributed by atoms with Crippen LogP contribution in [0.2, 0.25) is 0 Å². The molecule has 0 saturated carbocycles. The maximum atomic E-state index is 13.0. The van der Waals surface area contributed by atoms with Crippen LogP contribution in [0.3, 0.4) is 0 Å². The highest BCUT2D eigenvalue weighted by molar-refractivity contribution is 5.90. The summed E-state index contributed by atoms with van der Waals surface area (Å²) in [7, 11) is 0. The third kappa shape index (κ3) is 5.43. The Bertz CT molecular complexity index is 946. The number of rotatable bonds is 3. The third-order valence-electron chi connectivity index (χ3n) is 6.31. The first-order valence-electron chi connectivity index (χ1n) is 10.6. The zero-order valence-corrected chi connectivity index (χ0v) is 17.6. The third-order valence-corrected chi connectivity index (χ3v) is 6.31. The number of alkyl halides is 6. The van der Waals surface area contributed by atoms with Crippen LogP contribution in [0.25, 0.3) is 0 Å². The second-order valence-electron chi connectivity index (χ2n) is 8.50. The van der Waals surface area contributed by atoms with Crippen LogP contribution in [0.5, 0.6) is 0 Å². The Balaban J connectivity index is 1.32. The summed E-state index contributed by atoms with van der Waals surface area (Å²) in [4.78, 5) is 16.1. The summed E-state index contributed by atoms with van der Waals surface area (Å²) < 4.78 is 78.0. The Morgan fingerprint density at radius 2 is 1.39 bits per heavy atom. The summed E-state index contributed by atoms with van der Waals surface area (Å²) in [6, 6.07) is 10.7. The number of likely N-dealkylation sites (tertiary alicyclic amines) is 2. The summed E-state index contributed by atoms with van der Waals surface area (Å²) in [6.07, 6.45) is -7.93. The number of carbonyl (C=O) groups is 1. The maximum absolute atomic E-state index is 13.0. The van der Waals surface area contributed by atoms with E-state index in [2.05, 4.69) is 22.3 Å². The smallest absolute Gasteiger partial charge is 0.321 e. The number of nitrogens with zero attached hydrogens (tertiary/aromatic N) is 2. The summed E-state index contributed by atoms with van der Waals surface area (Å²) in [6.45, 7) is 2.52. The Morgan fingerprint density at radius 3 is 1.91 bits per heavy atom. The normalized spacial score (nSPS) is 18.8. The van der Waals surface area contributed by atoms with Crippen molar-refractivity contribution in [2.45, 2.75) is 37.2 Å². The van der Waals surface area contributed by atoms with Crippen LogP contribution >= 0.6 is 0 Å². The molecule has 0 radical (unpaired) electrons. The van der Waals surface area contributed by atoms with Gasteiger partial charge in [-0.25, -0.2) is 4.79 Å². The fourth-order valence-electron chi connectivity index (χ4n) is 4.40. The summed E-state index contributed by atoms with van der Waals surface area (Å²) in [5.41, 5.74) is -2.15. The average Bonchev–Trinajstić information content (AvgIpc) is 2.72. The van der Waals surface area contributed by atoms with Gasteiger partial charge in [0.15, 0.2) is 0 Å². The second kappa shape index (κ2) is 8.89. The van der Waals surface area contributed by atoms with E-state index in [1.165, 1.54) is 10.5 Å². The molecule has 4 nitrogen and oxygen atoms in total. The zero-order chi connectivity index (χ0) is 23.8. The van der Waals surface area contributed by atoms with Crippen LogP contribution in [0, 0.1) is 0 Å². The van der Waals surface area contributed by atoms with E-state index in [9.17, 15) is 31.1 Å². The van der Waals surface area contributed by atoms with Gasteiger partial charge < -0.3 is 10.2 Å². The lowest BCUT2D eigenvalue weighted by molar-refractivity contribution is -0.143. The van der Waals surface area contributed by atoms with Gasteiger partial charge in [0.2, 0.25) is 0 Å². The van der Waals surface area contributed by atoms with Crippen molar-refractivity contribution in [2.75, 3.05) is 31.5 Å². The van der Waals surface area contributed by atoms with Gasteiger partial charge >= 0.3 is 18.4 Å². The minimum absolute atomic E-state index is 0.0361. The molecule has 2 aromatic rings. The van der Waals surface area contributed by atoms with Gasteiger partial charge in [0.25, 0.3) is 0 Å². The van der Waals surface area contributed by atoms with Gasteiger partial charge in [-0.15, -0.1) is 0 Å². The Hall–Kier alpha value is -2.75. The molecule has 33 heavy (non-hydrogen) atoms. The van der Waals surface area contributed by atoms with Crippen LogP contribution in [0.4, 0.5) is 36.8 Å². The molecule has 1 N–H and O–H groups in total. The van der Waals surface area contributed by atoms with Crippen LogP contribution < -0.4 is 5.32 Å². The number of urea groups is 1. The van der Waals surface area contributed by atoms with Crippen molar-refractivity contribution in [3.63, 3.8) is 0 Å². The quantitative estimate of drug-likeness (QED) is 0.573. The number of piperidine rings is 1. The molecule has 2 fully saturated rings. The highest BCUT2D eigenvalue weighted by Crippen LogP contribution is 2.38. The molecule has 0 aliphatic carbocycles. The van der Waals surface area contributed by atoms with Crippen molar-refractivity contribution in [3.8, 4) is 0 Å². The molecule has 2 aromatic carbocycles. The predicted molar refractivity (Wildman–Crippen MR) is 111 cm³/mol. The molecule has 2 saturated heterocycles. The minimum atomic E-state index is -4.96. The summed E-state index contributed by atoms with van der Waals surface area (Å²) >= 11 is 0. The van der Waals surface area contributed by atoms with Crippen molar-refractivity contribution < 1.29 is 31.1 Å². The van der Waals surface area contributed by atoms with E-state index < -0.39 is 35.2 Å². The van der Waals surface area contributed by atoms with Crippen LogP contribution in [-0.2, 0) is 12.4 Å². The number of anilines is 1. The lowest BCUT2D eigenvalue weighted by Gasteiger charge is -2.47. The van der Waals surface area contributed by atoms with Gasteiger partial charge in [-0.2, -0.15) is 26.3 Å². The summed E-state index contributed by atoms with van der Waals surface area (Å²) in [5, 5.41) is 2.19. The van der Waals surface area contributed by atoms with Crippen molar-refractivity contribution in [1.29, 1.82) is 0 Å². The first-order chi connectivity index (χ1) is 15.5. The maximum Gasteiger partial charge on any atom is 0.416 e. The van der Waals surface area contributed by atoms with Gasteiger partial charge in [-0.3, -0.25) is 4.90 Å². The van der Waals surface area contributed by atoms with E-state index in [-0.39, 0.29) is 12.1 Å². The molecule has 2 aliphatic rings. The van der Waals surface area contributed by atoms with Gasteiger partial charge in [0, 0.05) is 24.8 Å². The first-order valence-corrected chi connectivity index (χ1v) is 10.6. The molecule has 2 aliphatic heterocycles. The zero-order valence-electron chi connectivity index (χ0n) is 17.6. The van der Waals surface area contributed by atoms with E-state index in [0.29, 0.717) is 31.1 Å². The monoisotopic (exact) mass is 471 g/mol. The molecule has 10 heteroatoms. The number of hydrogen-bond acceptors (Lipinski definition) is 2. The fraction of sp³-hybridized carbons (Fsp3) is 0.435.